The van der Waals surface area contributed by atoms with Gasteiger partial charge in [-0.3, -0.25) is 0 Å². The molecule has 0 atom stereocenters. The van der Waals surface area contributed by atoms with Crippen molar-refractivity contribution in [2.45, 2.75) is 82.5 Å². The standard InChI is InChI=1S/C55H51N/c1-53(2)33-34-54(3,4)52-45(28-18-30-49(52)53)47-36-46-44-27-16-17-29-48(44)55(40-21-8-5-9-22-40,41-23-10-6-11-24-41)50(46)37-51(47)56(42-25-12-7-13-26-42)43-32-31-38-19-14-15-20-39(38)35-43/h5-13,16-18,21-32,35-37H,14-15,19-20,33-34H2,1-4H3. The van der Waals surface area contributed by atoms with E-state index in [2.05, 4.69) is 196 Å². The number of rotatable bonds is 6. The van der Waals surface area contributed by atoms with Gasteiger partial charge < -0.3 is 4.90 Å². The first-order valence-corrected chi connectivity index (χ1v) is 20.8. The zero-order valence-electron chi connectivity index (χ0n) is 33.3. The number of nitrogens with zero attached hydrogens (tertiary/aromatic N) is 1. The van der Waals surface area contributed by atoms with Crippen molar-refractivity contribution >= 4 is 17.1 Å². The topological polar surface area (TPSA) is 3.24 Å². The number of para-hydroxylation sites is 1. The Morgan fingerprint density at radius 3 is 1.71 bits per heavy atom. The number of hydrogen-bond donors (Lipinski definition) is 0. The molecule has 1 heteroatoms. The molecule has 0 aliphatic heterocycles. The summed E-state index contributed by atoms with van der Waals surface area (Å²) in [5.41, 5.74) is 19.7. The van der Waals surface area contributed by atoms with Gasteiger partial charge in [0.05, 0.1) is 11.1 Å². The molecule has 0 saturated heterocycles. The number of benzene rings is 7. The summed E-state index contributed by atoms with van der Waals surface area (Å²) in [5.74, 6) is 0. The zero-order valence-corrected chi connectivity index (χ0v) is 33.3. The zero-order chi connectivity index (χ0) is 38.1. The van der Waals surface area contributed by atoms with Gasteiger partial charge in [-0.25, -0.2) is 0 Å². The fraction of sp³-hybridized carbons (Fsp3) is 0.236. The summed E-state index contributed by atoms with van der Waals surface area (Å²) >= 11 is 0. The maximum absolute atomic E-state index is 2.59. The van der Waals surface area contributed by atoms with Crippen molar-refractivity contribution in [3.8, 4) is 22.3 Å². The third kappa shape index (κ3) is 5.35. The summed E-state index contributed by atoms with van der Waals surface area (Å²) in [5, 5.41) is 0. The van der Waals surface area contributed by atoms with E-state index < -0.39 is 5.41 Å². The Kier molecular flexibility index (Phi) is 8.22. The fourth-order valence-electron chi connectivity index (χ4n) is 10.7. The minimum atomic E-state index is -0.503. The first-order valence-electron chi connectivity index (χ1n) is 20.8. The van der Waals surface area contributed by atoms with Crippen LogP contribution in [0.15, 0.2) is 164 Å². The van der Waals surface area contributed by atoms with Crippen LogP contribution in [0.4, 0.5) is 17.1 Å². The first-order chi connectivity index (χ1) is 27.3. The van der Waals surface area contributed by atoms with E-state index in [0.29, 0.717) is 0 Å². The average molecular weight is 726 g/mol. The van der Waals surface area contributed by atoms with Crippen molar-refractivity contribution in [2.24, 2.45) is 0 Å². The Bertz CT molecular complexity index is 2540. The predicted molar refractivity (Wildman–Crippen MR) is 236 cm³/mol. The lowest BCUT2D eigenvalue weighted by Crippen LogP contribution is -2.34. The van der Waals surface area contributed by atoms with Crippen LogP contribution >= 0.6 is 0 Å². The second kappa shape index (κ2) is 13.2. The van der Waals surface area contributed by atoms with E-state index in [4.69, 9.17) is 0 Å². The highest BCUT2D eigenvalue weighted by Crippen LogP contribution is 2.60. The maximum atomic E-state index is 2.59. The van der Waals surface area contributed by atoms with Crippen molar-refractivity contribution in [3.05, 3.63) is 208 Å². The van der Waals surface area contributed by atoms with E-state index in [1.807, 2.05) is 0 Å². The smallest absolute Gasteiger partial charge is 0.0714 e. The van der Waals surface area contributed by atoms with E-state index in [1.54, 1.807) is 0 Å². The van der Waals surface area contributed by atoms with Crippen LogP contribution in [0.3, 0.4) is 0 Å². The predicted octanol–water partition coefficient (Wildman–Crippen LogP) is 14.4. The molecule has 10 rings (SSSR count). The van der Waals surface area contributed by atoms with Crippen molar-refractivity contribution in [1.82, 2.24) is 0 Å². The molecule has 0 aromatic heterocycles. The van der Waals surface area contributed by atoms with Crippen molar-refractivity contribution in [2.75, 3.05) is 4.90 Å². The molecule has 56 heavy (non-hydrogen) atoms. The lowest BCUT2D eigenvalue weighted by molar-refractivity contribution is 0.333. The molecule has 276 valence electrons. The monoisotopic (exact) mass is 725 g/mol. The van der Waals surface area contributed by atoms with Crippen LogP contribution in [0.1, 0.15) is 97.9 Å². The van der Waals surface area contributed by atoms with Crippen LogP contribution in [0.2, 0.25) is 0 Å². The SMILES string of the molecule is CC1(C)CCC(C)(C)c2c(-c3cc4c(cc3N(c3ccccc3)c3ccc5c(c3)CCCC5)C(c3ccccc3)(c3ccccc3)c3ccccc3-4)cccc21. The Morgan fingerprint density at radius 2 is 1.00 bits per heavy atom. The molecule has 0 heterocycles. The second-order valence-electron chi connectivity index (χ2n) is 17.8. The molecule has 7 aromatic rings. The molecular weight excluding hydrogens is 675 g/mol. The van der Waals surface area contributed by atoms with E-state index in [9.17, 15) is 0 Å². The normalized spacial score (nSPS) is 16.9. The van der Waals surface area contributed by atoms with Gasteiger partial charge in [0.25, 0.3) is 0 Å². The van der Waals surface area contributed by atoms with Crippen LogP contribution in [0, 0.1) is 0 Å². The third-order valence-corrected chi connectivity index (χ3v) is 13.6. The molecule has 0 fully saturated rings. The highest BCUT2D eigenvalue weighted by molar-refractivity contribution is 5.97. The molecular formula is C55H51N. The molecule has 7 aromatic carbocycles. The second-order valence-corrected chi connectivity index (χ2v) is 17.8. The van der Waals surface area contributed by atoms with Crippen LogP contribution in [-0.2, 0) is 29.1 Å². The Balaban J connectivity index is 1.36. The van der Waals surface area contributed by atoms with Crippen molar-refractivity contribution in [3.63, 3.8) is 0 Å². The summed E-state index contributed by atoms with van der Waals surface area (Å²) in [7, 11) is 0. The first kappa shape index (κ1) is 34.8. The Hall–Kier alpha value is -5.66. The molecule has 3 aliphatic carbocycles. The van der Waals surface area contributed by atoms with Gasteiger partial charge in [-0.15, -0.1) is 0 Å². The van der Waals surface area contributed by atoms with Crippen LogP contribution < -0.4 is 4.90 Å². The van der Waals surface area contributed by atoms with Gasteiger partial charge in [-0.2, -0.15) is 0 Å². The van der Waals surface area contributed by atoms with Gasteiger partial charge in [0.15, 0.2) is 0 Å². The van der Waals surface area contributed by atoms with Crippen LogP contribution in [0.5, 0.6) is 0 Å². The van der Waals surface area contributed by atoms with E-state index >= 15 is 0 Å². The van der Waals surface area contributed by atoms with Gasteiger partial charge in [0.2, 0.25) is 0 Å². The van der Waals surface area contributed by atoms with E-state index in [1.165, 1.54) is 110 Å². The molecule has 0 amide bonds. The van der Waals surface area contributed by atoms with Gasteiger partial charge in [-0.05, 0) is 147 Å². The summed E-state index contributed by atoms with van der Waals surface area (Å²) in [6.45, 7) is 9.84. The number of fused-ring (bicyclic) bond motifs is 5. The molecule has 0 saturated carbocycles. The van der Waals surface area contributed by atoms with Gasteiger partial charge in [-0.1, -0.05) is 155 Å². The lowest BCUT2D eigenvalue weighted by Gasteiger charge is -2.43. The molecule has 0 bridgehead atoms. The fourth-order valence-corrected chi connectivity index (χ4v) is 10.7. The largest absolute Gasteiger partial charge is 0.310 e. The molecule has 0 unspecified atom stereocenters. The maximum Gasteiger partial charge on any atom is 0.0714 e. The summed E-state index contributed by atoms with van der Waals surface area (Å²) in [6, 6.07) is 62.4. The molecule has 0 spiro atoms. The summed E-state index contributed by atoms with van der Waals surface area (Å²) in [4.78, 5) is 2.58. The molecule has 3 aliphatic rings. The van der Waals surface area contributed by atoms with Crippen LogP contribution in [-0.4, -0.2) is 0 Å². The Morgan fingerprint density at radius 1 is 0.411 bits per heavy atom. The van der Waals surface area contributed by atoms with Crippen LogP contribution in [0.25, 0.3) is 22.3 Å². The molecule has 0 N–H and O–H groups in total. The molecule has 1 nitrogen and oxygen atoms in total. The van der Waals surface area contributed by atoms with E-state index in [-0.39, 0.29) is 10.8 Å². The van der Waals surface area contributed by atoms with Gasteiger partial charge >= 0.3 is 0 Å². The minimum absolute atomic E-state index is 0.0247. The van der Waals surface area contributed by atoms with Gasteiger partial charge in [0, 0.05) is 16.9 Å². The number of hydrogen-bond acceptors (Lipinski definition) is 1. The summed E-state index contributed by atoms with van der Waals surface area (Å²) in [6.07, 6.45) is 7.17. The Labute approximate surface area is 333 Å². The van der Waals surface area contributed by atoms with Crippen molar-refractivity contribution in [1.29, 1.82) is 0 Å². The van der Waals surface area contributed by atoms with Gasteiger partial charge in [0.1, 0.15) is 0 Å². The lowest BCUT2D eigenvalue weighted by atomic mass is 9.61. The highest BCUT2D eigenvalue weighted by Gasteiger charge is 2.47. The summed E-state index contributed by atoms with van der Waals surface area (Å²) < 4.78 is 0. The quantitative estimate of drug-likeness (QED) is 0.165. The molecule has 0 radical (unpaired) electrons. The number of aryl methyl sites for hydroxylation is 2. The highest BCUT2D eigenvalue weighted by atomic mass is 15.1. The third-order valence-electron chi connectivity index (χ3n) is 13.6. The van der Waals surface area contributed by atoms with E-state index in [0.717, 1.165) is 12.8 Å². The number of anilines is 3. The minimum Gasteiger partial charge on any atom is -0.310 e. The average Bonchev–Trinajstić information content (AvgIpc) is 3.53. The van der Waals surface area contributed by atoms with Crippen molar-refractivity contribution < 1.29 is 0 Å².